The van der Waals surface area contributed by atoms with Gasteiger partial charge in [0.25, 0.3) is 0 Å². The highest BCUT2D eigenvalue weighted by atomic mass is 32.1. The zero-order chi connectivity index (χ0) is 12.0. The van der Waals surface area contributed by atoms with Crippen molar-refractivity contribution in [2.45, 2.75) is 32.2 Å². The maximum atomic E-state index is 6.14. The topological polar surface area (TPSA) is 38.9 Å². The molecule has 1 aromatic carbocycles. The van der Waals surface area contributed by atoms with Crippen LogP contribution >= 0.6 is 11.3 Å². The average Bonchev–Trinajstić information content (AvgIpc) is 2.72. The molecule has 0 radical (unpaired) electrons. The van der Waals surface area contributed by atoms with Crippen molar-refractivity contribution in [1.82, 2.24) is 4.98 Å². The van der Waals surface area contributed by atoms with Crippen molar-refractivity contribution in [2.75, 3.05) is 0 Å². The first-order chi connectivity index (χ1) is 8.05. The molecule has 88 valence electrons. The van der Waals surface area contributed by atoms with Gasteiger partial charge in [-0.25, -0.2) is 4.98 Å². The van der Waals surface area contributed by atoms with E-state index < -0.39 is 0 Å². The minimum atomic E-state index is -0.336. The van der Waals surface area contributed by atoms with Crippen LogP contribution in [0.3, 0.4) is 0 Å². The predicted molar refractivity (Wildman–Crippen MR) is 72.2 cm³/mol. The Morgan fingerprint density at radius 3 is 2.76 bits per heavy atom. The Morgan fingerprint density at radius 2 is 2.00 bits per heavy atom. The van der Waals surface area contributed by atoms with Crippen LogP contribution in [0, 0.1) is 0 Å². The van der Waals surface area contributed by atoms with Gasteiger partial charge in [-0.3, -0.25) is 0 Å². The van der Waals surface area contributed by atoms with Gasteiger partial charge in [0.1, 0.15) is 5.01 Å². The molecular formula is C14H16N2S. The van der Waals surface area contributed by atoms with Crippen LogP contribution in [0.2, 0.25) is 0 Å². The van der Waals surface area contributed by atoms with Crippen LogP contribution < -0.4 is 5.73 Å². The maximum absolute atomic E-state index is 6.14. The standard InChI is InChI=1S/C14H16N2S/c1-14(2,15)13-16-12-10-6-4-3-5-9(10)7-8-11(12)17-13/h3-6H,7-8,15H2,1-2H3. The Kier molecular flexibility index (Phi) is 2.35. The summed E-state index contributed by atoms with van der Waals surface area (Å²) < 4.78 is 0. The average molecular weight is 244 g/mol. The summed E-state index contributed by atoms with van der Waals surface area (Å²) in [6, 6.07) is 8.55. The van der Waals surface area contributed by atoms with E-state index in [2.05, 4.69) is 24.3 Å². The molecular weight excluding hydrogens is 228 g/mol. The highest BCUT2D eigenvalue weighted by Gasteiger charge is 2.25. The summed E-state index contributed by atoms with van der Waals surface area (Å²) in [6.45, 7) is 4.03. The highest BCUT2D eigenvalue weighted by Crippen LogP contribution is 2.38. The van der Waals surface area contributed by atoms with E-state index in [1.165, 1.54) is 16.0 Å². The van der Waals surface area contributed by atoms with Crippen molar-refractivity contribution in [2.24, 2.45) is 5.73 Å². The van der Waals surface area contributed by atoms with Gasteiger partial charge in [-0.05, 0) is 32.3 Å². The van der Waals surface area contributed by atoms with Gasteiger partial charge in [0.2, 0.25) is 0 Å². The molecule has 0 aliphatic heterocycles. The van der Waals surface area contributed by atoms with Crippen molar-refractivity contribution in [1.29, 1.82) is 0 Å². The molecule has 2 aromatic rings. The van der Waals surface area contributed by atoms with Crippen molar-refractivity contribution < 1.29 is 0 Å². The number of nitrogens with two attached hydrogens (primary N) is 1. The smallest absolute Gasteiger partial charge is 0.113 e. The van der Waals surface area contributed by atoms with Crippen LogP contribution in [0.1, 0.15) is 29.3 Å². The van der Waals surface area contributed by atoms with Crippen LogP contribution in [0.5, 0.6) is 0 Å². The monoisotopic (exact) mass is 244 g/mol. The summed E-state index contributed by atoms with van der Waals surface area (Å²) in [5.41, 5.74) is 9.66. The molecule has 1 aromatic heterocycles. The van der Waals surface area contributed by atoms with Crippen LogP contribution in [0.25, 0.3) is 11.3 Å². The summed E-state index contributed by atoms with van der Waals surface area (Å²) in [5, 5.41) is 1.04. The molecule has 0 bridgehead atoms. The van der Waals surface area contributed by atoms with Gasteiger partial charge in [-0.2, -0.15) is 0 Å². The molecule has 0 saturated carbocycles. The Hall–Kier alpha value is -1.19. The Morgan fingerprint density at radius 1 is 1.24 bits per heavy atom. The minimum absolute atomic E-state index is 0.336. The highest BCUT2D eigenvalue weighted by molar-refractivity contribution is 7.12. The molecule has 1 aliphatic rings. The fraction of sp³-hybridized carbons (Fsp3) is 0.357. The van der Waals surface area contributed by atoms with Crippen LogP contribution in [0.4, 0.5) is 0 Å². The first-order valence-electron chi connectivity index (χ1n) is 5.93. The van der Waals surface area contributed by atoms with E-state index in [9.17, 15) is 0 Å². The fourth-order valence-electron chi connectivity index (χ4n) is 2.22. The number of hydrogen-bond acceptors (Lipinski definition) is 3. The van der Waals surface area contributed by atoms with Gasteiger partial charge in [-0.15, -0.1) is 11.3 Å². The lowest BCUT2D eigenvalue weighted by Crippen LogP contribution is -2.28. The zero-order valence-electron chi connectivity index (χ0n) is 10.2. The van der Waals surface area contributed by atoms with E-state index in [0.717, 1.165) is 23.5 Å². The molecule has 1 aliphatic carbocycles. The predicted octanol–water partition coefficient (Wildman–Crippen LogP) is 3.10. The largest absolute Gasteiger partial charge is 0.320 e. The van der Waals surface area contributed by atoms with Crippen LogP contribution in [-0.4, -0.2) is 4.98 Å². The van der Waals surface area contributed by atoms with Crippen molar-refractivity contribution in [3.05, 3.63) is 39.7 Å². The first-order valence-corrected chi connectivity index (χ1v) is 6.75. The molecule has 17 heavy (non-hydrogen) atoms. The number of fused-ring (bicyclic) bond motifs is 3. The molecule has 3 rings (SSSR count). The number of thiazole rings is 1. The molecule has 0 atom stereocenters. The van der Waals surface area contributed by atoms with E-state index in [-0.39, 0.29) is 5.54 Å². The molecule has 0 fully saturated rings. The molecule has 2 nitrogen and oxygen atoms in total. The Labute approximate surface area is 106 Å². The van der Waals surface area contributed by atoms with Crippen LogP contribution in [-0.2, 0) is 18.4 Å². The molecule has 0 amide bonds. The van der Waals surface area contributed by atoms with E-state index >= 15 is 0 Å². The molecule has 3 heteroatoms. The summed E-state index contributed by atoms with van der Waals surface area (Å²) in [7, 11) is 0. The number of nitrogens with zero attached hydrogens (tertiary/aromatic N) is 1. The number of aromatic nitrogens is 1. The summed E-state index contributed by atoms with van der Waals surface area (Å²) in [4.78, 5) is 6.14. The number of hydrogen-bond donors (Lipinski definition) is 1. The van der Waals surface area contributed by atoms with Crippen molar-refractivity contribution >= 4 is 11.3 Å². The van der Waals surface area contributed by atoms with Gasteiger partial charge >= 0.3 is 0 Å². The van der Waals surface area contributed by atoms with E-state index in [0.29, 0.717) is 0 Å². The fourth-order valence-corrected chi connectivity index (χ4v) is 3.31. The summed E-state index contributed by atoms with van der Waals surface area (Å²) in [6.07, 6.45) is 2.22. The molecule has 2 N–H and O–H groups in total. The van der Waals surface area contributed by atoms with Crippen molar-refractivity contribution in [3.63, 3.8) is 0 Å². The number of aryl methyl sites for hydroxylation is 2. The quantitative estimate of drug-likeness (QED) is 0.837. The summed E-state index contributed by atoms with van der Waals surface area (Å²) in [5.74, 6) is 0. The lowest BCUT2D eigenvalue weighted by molar-refractivity contribution is 0.551. The molecule has 0 saturated heterocycles. The van der Waals surface area contributed by atoms with Gasteiger partial charge in [0.05, 0.1) is 11.2 Å². The van der Waals surface area contributed by atoms with Gasteiger partial charge in [0, 0.05) is 10.4 Å². The van der Waals surface area contributed by atoms with E-state index in [1.54, 1.807) is 11.3 Å². The first kappa shape index (κ1) is 10.9. The van der Waals surface area contributed by atoms with Gasteiger partial charge in [0.15, 0.2) is 0 Å². The minimum Gasteiger partial charge on any atom is -0.320 e. The Balaban J connectivity index is 2.17. The SMILES string of the molecule is CC(C)(N)c1nc2c(s1)CCc1ccccc1-2. The molecule has 1 heterocycles. The number of benzene rings is 1. The van der Waals surface area contributed by atoms with E-state index in [4.69, 9.17) is 10.7 Å². The van der Waals surface area contributed by atoms with Gasteiger partial charge in [-0.1, -0.05) is 24.3 Å². The summed E-state index contributed by atoms with van der Waals surface area (Å²) >= 11 is 1.77. The van der Waals surface area contributed by atoms with Gasteiger partial charge < -0.3 is 5.73 Å². The second-order valence-corrected chi connectivity index (χ2v) is 6.25. The second-order valence-electron chi connectivity index (χ2n) is 5.17. The lowest BCUT2D eigenvalue weighted by atomic mass is 9.93. The maximum Gasteiger partial charge on any atom is 0.113 e. The zero-order valence-corrected chi connectivity index (χ0v) is 11.0. The van der Waals surface area contributed by atoms with E-state index in [1.807, 2.05) is 13.8 Å². The van der Waals surface area contributed by atoms with Crippen molar-refractivity contribution in [3.8, 4) is 11.3 Å². The third-order valence-corrected chi connectivity index (χ3v) is 4.60. The molecule has 0 unspecified atom stereocenters. The van der Waals surface area contributed by atoms with Crippen LogP contribution in [0.15, 0.2) is 24.3 Å². The second kappa shape index (κ2) is 3.65. The number of rotatable bonds is 1. The third kappa shape index (κ3) is 1.79. The molecule has 0 spiro atoms. The normalized spacial score (nSPS) is 14.3. The Bertz CT molecular complexity index is 564. The lowest BCUT2D eigenvalue weighted by Gasteiger charge is -2.14. The third-order valence-electron chi connectivity index (χ3n) is 3.14.